The smallest absolute Gasteiger partial charge is 0.328 e. The Morgan fingerprint density at radius 3 is 2.70 bits per heavy atom. The molecular formula is C12H14N2O6. The number of carbonyl (C=O) groups is 2. The van der Waals surface area contributed by atoms with Crippen LogP contribution in [-0.2, 0) is 9.53 Å². The van der Waals surface area contributed by atoms with Crippen LogP contribution in [0.3, 0.4) is 0 Å². The maximum absolute atomic E-state index is 11.9. The second-order valence-corrected chi connectivity index (χ2v) is 3.88. The van der Waals surface area contributed by atoms with Crippen molar-refractivity contribution in [2.45, 2.75) is 19.9 Å². The summed E-state index contributed by atoms with van der Waals surface area (Å²) in [6.45, 7) is 3.20. The third-order valence-corrected chi connectivity index (χ3v) is 2.44. The van der Waals surface area contributed by atoms with Crippen molar-refractivity contribution in [2.75, 3.05) is 6.61 Å². The van der Waals surface area contributed by atoms with Crippen LogP contribution in [-0.4, -0.2) is 34.6 Å². The number of hydrogen-bond acceptors (Lipinski definition) is 6. The lowest BCUT2D eigenvalue weighted by atomic mass is 10.1. The fraction of sp³-hybridized carbons (Fsp3) is 0.333. The SMILES string of the molecule is CCOC(=O)C(C)NC(=O)c1cccc([N+](=O)[O-])c1O. The Labute approximate surface area is 114 Å². The number of phenols is 1. The molecule has 0 aromatic heterocycles. The minimum Gasteiger partial charge on any atom is -0.502 e. The number of aromatic hydroxyl groups is 1. The quantitative estimate of drug-likeness (QED) is 0.472. The zero-order valence-corrected chi connectivity index (χ0v) is 11.0. The number of hydrogen-bond donors (Lipinski definition) is 2. The third kappa shape index (κ3) is 3.44. The average Bonchev–Trinajstić information content (AvgIpc) is 2.38. The Morgan fingerprint density at radius 2 is 2.15 bits per heavy atom. The molecule has 8 nitrogen and oxygen atoms in total. The Morgan fingerprint density at radius 1 is 1.50 bits per heavy atom. The first-order chi connectivity index (χ1) is 9.38. The van der Waals surface area contributed by atoms with Crippen LogP contribution in [0.15, 0.2) is 18.2 Å². The first-order valence-corrected chi connectivity index (χ1v) is 5.82. The normalized spacial score (nSPS) is 11.5. The van der Waals surface area contributed by atoms with Crippen LogP contribution in [0.2, 0.25) is 0 Å². The molecule has 1 atom stereocenters. The van der Waals surface area contributed by atoms with Gasteiger partial charge in [-0.1, -0.05) is 6.07 Å². The summed E-state index contributed by atoms with van der Waals surface area (Å²) in [5.74, 6) is -2.18. The molecule has 0 bridgehead atoms. The van der Waals surface area contributed by atoms with Crippen molar-refractivity contribution in [1.82, 2.24) is 5.32 Å². The molecule has 0 spiro atoms. The van der Waals surface area contributed by atoms with E-state index < -0.39 is 34.3 Å². The second-order valence-electron chi connectivity index (χ2n) is 3.88. The molecule has 1 unspecified atom stereocenters. The third-order valence-electron chi connectivity index (χ3n) is 2.44. The van der Waals surface area contributed by atoms with Gasteiger partial charge in [-0.05, 0) is 19.9 Å². The molecule has 20 heavy (non-hydrogen) atoms. The zero-order chi connectivity index (χ0) is 15.3. The summed E-state index contributed by atoms with van der Waals surface area (Å²) < 4.78 is 4.71. The maximum Gasteiger partial charge on any atom is 0.328 e. The number of benzene rings is 1. The fourth-order valence-electron chi connectivity index (χ4n) is 1.46. The zero-order valence-electron chi connectivity index (χ0n) is 11.0. The van der Waals surface area contributed by atoms with Crippen molar-refractivity contribution in [3.63, 3.8) is 0 Å². The van der Waals surface area contributed by atoms with E-state index in [-0.39, 0.29) is 12.2 Å². The van der Waals surface area contributed by atoms with E-state index in [9.17, 15) is 24.8 Å². The fourth-order valence-corrected chi connectivity index (χ4v) is 1.46. The van der Waals surface area contributed by atoms with Gasteiger partial charge in [0.25, 0.3) is 5.91 Å². The molecule has 8 heteroatoms. The Hall–Kier alpha value is -2.64. The maximum atomic E-state index is 11.9. The molecule has 1 aromatic carbocycles. The van der Waals surface area contributed by atoms with Crippen molar-refractivity contribution < 1.29 is 24.4 Å². The number of ether oxygens (including phenoxy) is 1. The molecule has 0 fully saturated rings. The summed E-state index contributed by atoms with van der Waals surface area (Å²) in [6, 6.07) is 2.62. The molecule has 0 aliphatic rings. The Balaban J connectivity index is 2.91. The standard InChI is InChI=1S/C12H14N2O6/c1-3-20-12(17)7(2)13-11(16)8-5-4-6-9(10(8)15)14(18)19/h4-7,15H,3H2,1-2H3,(H,13,16). The summed E-state index contributed by atoms with van der Waals surface area (Å²) in [6.07, 6.45) is 0. The number of phenolic OH excluding ortho intramolecular Hbond substituents is 1. The van der Waals surface area contributed by atoms with Crippen molar-refractivity contribution in [1.29, 1.82) is 0 Å². The number of nitrogens with one attached hydrogen (secondary N) is 1. The molecule has 0 heterocycles. The lowest BCUT2D eigenvalue weighted by molar-refractivity contribution is -0.385. The second kappa shape index (κ2) is 6.50. The largest absolute Gasteiger partial charge is 0.502 e. The highest BCUT2D eigenvalue weighted by atomic mass is 16.6. The van der Waals surface area contributed by atoms with Gasteiger partial charge < -0.3 is 15.2 Å². The molecule has 0 aliphatic heterocycles. The number of para-hydroxylation sites is 1. The van der Waals surface area contributed by atoms with Crippen LogP contribution in [0.5, 0.6) is 5.75 Å². The van der Waals surface area contributed by atoms with Gasteiger partial charge >= 0.3 is 11.7 Å². The molecule has 108 valence electrons. The molecule has 0 saturated carbocycles. The van der Waals surface area contributed by atoms with E-state index in [1.54, 1.807) is 6.92 Å². The van der Waals surface area contributed by atoms with Crippen molar-refractivity contribution >= 4 is 17.6 Å². The molecule has 1 aromatic rings. The van der Waals surface area contributed by atoms with Gasteiger partial charge in [0.1, 0.15) is 6.04 Å². The topological polar surface area (TPSA) is 119 Å². The minimum atomic E-state index is -0.930. The number of nitro groups is 1. The molecule has 0 saturated heterocycles. The number of amides is 1. The van der Waals surface area contributed by atoms with E-state index in [0.29, 0.717) is 0 Å². The van der Waals surface area contributed by atoms with Crippen LogP contribution >= 0.6 is 0 Å². The average molecular weight is 282 g/mol. The Kier molecular flexibility index (Phi) is 5.01. The number of rotatable bonds is 5. The van der Waals surface area contributed by atoms with Gasteiger partial charge in [-0.2, -0.15) is 0 Å². The number of nitro benzene ring substituents is 1. The minimum absolute atomic E-state index is 0.168. The summed E-state index contributed by atoms with van der Waals surface area (Å²) in [5.41, 5.74) is -0.864. The molecule has 1 amide bonds. The number of nitrogens with zero attached hydrogens (tertiary/aromatic N) is 1. The monoisotopic (exact) mass is 282 g/mol. The van der Waals surface area contributed by atoms with Crippen molar-refractivity contribution in [3.05, 3.63) is 33.9 Å². The van der Waals surface area contributed by atoms with E-state index >= 15 is 0 Å². The van der Waals surface area contributed by atoms with Gasteiger partial charge in [0.2, 0.25) is 5.75 Å². The van der Waals surface area contributed by atoms with Crippen LogP contribution in [0.4, 0.5) is 5.69 Å². The van der Waals surface area contributed by atoms with Crippen LogP contribution in [0.1, 0.15) is 24.2 Å². The molecular weight excluding hydrogens is 268 g/mol. The van der Waals surface area contributed by atoms with E-state index in [2.05, 4.69) is 5.32 Å². The van der Waals surface area contributed by atoms with E-state index in [1.807, 2.05) is 0 Å². The van der Waals surface area contributed by atoms with E-state index in [4.69, 9.17) is 4.74 Å². The highest BCUT2D eigenvalue weighted by molar-refractivity contribution is 5.99. The van der Waals surface area contributed by atoms with Gasteiger partial charge in [-0.3, -0.25) is 14.9 Å². The summed E-state index contributed by atoms with van der Waals surface area (Å²) >= 11 is 0. The lowest BCUT2D eigenvalue weighted by Gasteiger charge is -2.13. The molecule has 1 rings (SSSR count). The van der Waals surface area contributed by atoms with Gasteiger partial charge in [0, 0.05) is 6.07 Å². The summed E-state index contributed by atoms with van der Waals surface area (Å²) in [7, 11) is 0. The first-order valence-electron chi connectivity index (χ1n) is 5.82. The van der Waals surface area contributed by atoms with Gasteiger partial charge in [-0.25, -0.2) is 4.79 Å². The molecule has 0 aliphatic carbocycles. The van der Waals surface area contributed by atoms with Crippen molar-refractivity contribution in [3.8, 4) is 5.75 Å². The van der Waals surface area contributed by atoms with Crippen LogP contribution in [0.25, 0.3) is 0 Å². The highest BCUT2D eigenvalue weighted by Gasteiger charge is 2.23. The predicted molar refractivity (Wildman–Crippen MR) is 68.3 cm³/mol. The van der Waals surface area contributed by atoms with Gasteiger partial charge in [-0.15, -0.1) is 0 Å². The van der Waals surface area contributed by atoms with E-state index in [0.717, 1.165) is 6.07 Å². The van der Waals surface area contributed by atoms with Crippen LogP contribution < -0.4 is 5.32 Å². The highest BCUT2D eigenvalue weighted by Crippen LogP contribution is 2.29. The number of esters is 1. The Bertz CT molecular complexity index is 543. The molecule has 2 N–H and O–H groups in total. The van der Waals surface area contributed by atoms with Crippen LogP contribution in [0, 0.1) is 10.1 Å². The first kappa shape index (κ1) is 15.4. The summed E-state index contributed by atoms with van der Waals surface area (Å²) in [5, 5.41) is 22.6. The number of carbonyl (C=O) groups excluding carboxylic acids is 2. The molecule has 0 radical (unpaired) electrons. The van der Waals surface area contributed by atoms with E-state index in [1.165, 1.54) is 19.1 Å². The van der Waals surface area contributed by atoms with Gasteiger partial charge in [0.05, 0.1) is 17.1 Å². The predicted octanol–water partition coefficient (Wildman–Crippen LogP) is 0.982. The lowest BCUT2D eigenvalue weighted by Crippen LogP contribution is -2.39. The summed E-state index contributed by atoms with van der Waals surface area (Å²) in [4.78, 5) is 33.1. The van der Waals surface area contributed by atoms with Crippen molar-refractivity contribution in [2.24, 2.45) is 0 Å². The van der Waals surface area contributed by atoms with Gasteiger partial charge in [0.15, 0.2) is 0 Å².